The Morgan fingerprint density at radius 1 is 1.00 bits per heavy atom. The molecule has 0 spiro atoms. The molecule has 0 radical (unpaired) electrons. The summed E-state index contributed by atoms with van der Waals surface area (Å²) in [5.74, 6) is 0. The van der Waals surface area contributed by atoms with Crippen molar-refractivity contribution < 1.29 is 8.42 Å². The van der Waals surface area contributed by atoms with E-state index in [1.54, 1.807) is 6.07 Å². The number of anilines is 1. The smallest absolute Gasteiger partial charge is 0.271 e. The van der Waals surface area contributed by atoms with E-state index in [0.29, 0.717) is 5.69 Å². The molecule has 19 heavy (non-hydrogen) atoms. The van der Waals surface area contributed by atoms with E-state index in [1.165, 1.54) is 0 Å². The van der Waals surface area contributed by atoms with Crippen LogP contribution in [0, 0.1) is 6.92 Å². The third-order valence-corrected chi connectivity index (χ3v) is 4.23. The second kappa shape index (κ2) is 4.36. The number of hydrogen-bond acceptors (Lipinski definition) is 2. The van der Waals surface area contributed by atoms with Gasteiger partial charge in [0.05, 0.1) is 11.7 Å². The predicted molar refractivity (Wildman–Crippen MR) is 75.1 cm³/mol. The van der Waals surface area contributed by atoms with Crippen LogP contribution in [-0.2, 0) is 10.2 Å². The molecule has 4 nitrogen and oxygen atoms in total. The molecule has 3 rings (SSSR count). The molecule has 0 amide bonds. The van der Waals surface area contributed by atoms with Crippen molar-refractivity contribution >= 4 is 15.9 Å². The SMILES string of the molecule is Cc1ccc(C2NS(=O)(=O)Nc3ccccc32)cc1. The summed E-state index contributed by atoms with van der Waals surface area (Å²) in [6.45, 7) is 2.00. The van der Waals surface area contributed by atoms with E-state index in [4.69, 9.17) is 0 Å². The van der Waals surface area contributed by atoms with Crippen molar-refractivity contribution in [1.82, 2.24) is 4.72 Å². The summed E-state index contributed by atoms with van der Waals surface area (Å²) in [5, 5.41) is 0. The third kappa shape index (κ3) is 2.34. The van der Waals surface area contributed by atoms with Crippen molar-refractivity contribution in [3.05, 3.63) is 65.2 Å². The summed E-state index contributed by atoms with van der Waals surface area (Å²) in [6, 6.07) is 14.9. The fourth-order valence-corrected chi connectivity index (χ4v) is 3.35. The van der Waals surface area contributed by atoms with Crippen LogP contribution >= 0.6 is 0 Å². The largest absolute Gasteiger partial charge is 0.299 e. The van der Waals surface area contributed by atoms with E-state index < -0.39 is 10.2 Å². The summed E-state index contributed by atoms with van der Waals surface area (Å²) >= 11 is 0. The van der Waals surface area contributed by atoms with Crippen molar-refractivity contribution in [2.75, 3.05) is 4.72 Å². The first-order valence-corrected chi connectivity index (χ1v) is 7.49. The number of nitrogens with one attached hydrogen (secondary N) is 2. The highest BCUT2D eigenvalue weighted by molar-refractivity contribution is 7.90. The van der Waals surface area contributed by atoms with Crippen LogP contribution in [0.2, 0.25) is 0 Å². The molecule has 1 unspecified atom stereocenters. The first-order valence-electron chi connectivity index (χ1n) is 6.01. The number of benzene rings is 2. The maximum absolute atomic E-state index is 11.8. The quantitative estimate of drug-likeness (QED) is 0.838. The van der Waals surface area contributed by atoms with Crippen LogP contribution < -0.4 is 9.44 Å². The van der Waals surface area contributed by atoms with Gasteiger partial charge in [-0.1, -0.05) is 48.0 Å². The molecule has 0 aliphatic carbocycles. The number of rotatable bonds is 1. The Balaban J connectivity index is 2.13. The first kappa shape index (κ1) is 12.2. The van der Waals surface area contributed by atoms with Crippen molar-refractivity contribution in [1.29, 1.82) is 0 Å². The fraction of sp³-hybridized carbons (Fsp3) is 0.143. The van der Waals surface area contributed by atoms with Crippen molar-refractivity contribution in [3.63, 3.8) is 0 Å². The normalized spacial score (nSPS) is 20.4. The average Bonchev–Trinajstić information content (AvgIpc) is 2.37. The van der Waals surface area contributed by atoms with Gasteiger partial charge in [-0.2, -0.15) is 13.1 Å². The zero-order valence-corrected chi connectivity index (χ0v) is 11.2. The van der Waals surface area contributed by atoms with Crippen molar-refractivity contribution in [3.8, 4) is 0 Å². The molecule has 1 heterocycles. The molecule has 1 aliphatic heterocycles. The second-order valence-corrected chi connectivity index (χ2v) is 6.10. The standard InChI is InChI=1S/C14H14N2O2S/c1-10-6-8-11(9-7-10)14-12-4-2-3-5-13(12)15-19(17,18)16-14/h2-9,14-16H,1H3. The summed E-state index contributed by atoms with van der Waals surface area (Å²) in [6.07, 6.45) is 0. The monoisotopic (exact) mass is 274 g/mol. The third-order valence-electron chi connectivity index (χ3n) is 3.20. The molecule has 1 atom stereocenters. The van der Waals surface area contributed by atoms with Crippen LogP contribution in [0.4, 0.5) is 5.69 Å². The molecular formula is C14H14N2O2S. The van der Waals surface area contributed by atoms with Gasteiger partial charge in [0.15, 0.2) is 0 Å². The maximum atomic E-state index is 11.8. The molecule has 2 aromatic rings. The lowest BCUT2D eigenvalue weighted by molar-refractivity contribution is 0.574. The number of fused-ring (bicyclic) bond motifs is 1. The Kier molecular flexibility index (Phi) is 2.80. The minimum Gasteiger partial charge on any atom is -0.271 e. The number of hydrogen-bond donors (Lipinski definition) is 2. The predicted octanol–water partition coefficient (Wildman–Crippen LogP) is 2.34. The molecule has 0 bridgehead atoms. The number of aryl methyl sites for hydroxylation is 1. The van der Waals surface area contributed by atoms with E-state index in [9.17, 15) is 8.42 Å². The van der Waals surface area contributed by atoms with Crippen LogP contribution in [-0.4, -0.2) is 8.42 Å². The van der Waals surface area contributed by atoms with Crippen LogP contribution in [0.15, 0.2) is 48.5 Å². The summed E-state index contributed by atoms with van der Waals surface area (Å²) in [7, 11) is -3.50. The van der Waals surface area contributed by atoms with Crippen LogP contribution in [0.25, 0.3) is 0 Å². The lowest BCUT2D eigenvalue weighted by atomic mass is 9.97. The molecule has 2 N–H and O–H groups in total. The Hall–Kier alpha value is -1.85. The van der Waals surface area contributed by atoms with Gasteiger partial charge in [-0.25, -0.2) is 0 Å². The van der Waals surface area contributed by atoms with Crippen LogP contribution in [0.1, 0.15) is 22.7 Å². The van der Waals surface area contributed by atoms with E-state index in [-0.39, 0.29) is 6.04 Å². The molecule has 0 saturated carbocycles. The first-order chi connectivity index (χ1) is 9.05. The lowest BCUT2D eigenvalue weighted by Gasteiger charge is -2.27. The highest BCUT2D eigenvalue weighted by atomic mass is 32.2. The highest BCUT2D eigenvalue weighted by Crippen LogP contribution is 2.32. The molecule has 2 aromatic carbocycles. The fourth-order valence-electron chi connectivity index (χ4n) is 2.24. The van der Waals surface area contributed by atoms with Crippen molar-refractivity contribution in [2.24, 2.45) is 0 Å². The van der Waals surface area contributed by atoms with Gasteiger partial charge in [0.2, 0.25) is 0 Å². The second-order valence-electron chi connectivity index (χ2n) is 4.65. The zero-order chi connectivity index (χ0) is 13.5. The van der Waals surface area contributed by atoms with Gasteiger partial charge in [-0.3, -0.25) is 4.72 Å². The molecule has 0 aromatic heterocycles. The van der Waals surface area contributed by atoms with E-state index >= 15 is 0 Å². The van der Waals surface area contributed by atoms with E-state index in [2.05, 4.69) is 9.44 Å². The Morgan fingerprint density at radius 2 is 1.68 bits per heavy atom. The van der Waals surface area contributed by atoms with Gasteiger partial charge < -0.3 is 0 Å². The molecule has 0 saturated heterocycles. The topological polar surface area (TPSA) is 58.2 Å². The van der Waals surface area contributed by atoms with Gasteiger partial charge in [0.25, 0.3) is 10.2 Å². The van der Waals surface area contributed by atoms with Gasteiger partial charge in [-0.15, -0.1) is 0 Å². The average molecular weight is 274 g/mol. The molecule has 5 heteroatoms. The van der Waals surface area contributed by atoms with Gasteiger partial charge >= 0.3 is 0 Å². The van der Waals surface area contributed by atoms with E-state index in [1.807, 2.05) is 49.4 Å². The maximum Gasteiger partial charge on any atom is 0.299 e. The van der Waals surface area contributed by atoms with Crippen LogP contribution in [0.3, 0.4) is 0 Å². The molecular weight excluding hydrogens is 260 g/mol. The van der Waals surface area contributed by atoms with Gasteiger partial charge in [-0.05, 0) is 24.1 Å². The lowest BCUT2D eigenvalue weighted by Crippen LogP contribution is -2.38. The van der Waals surface area contributed by atoms with Gasteiger partial charge in [0.1, 0.15) is 0 Å². The van der Waals surface area contributed by atoms with Crippen molar-refractivity contribution in [2.45, 2.75) is 13.0 Å². The van der Waals surface area contributed by atoms with E-state index in [0.717, 1.165) is 16.7 Å². The Morgan fingerprint density at radius 3 is 2.42 bits per heavy atom. The molecule has 1 aliphatic rings. The summed E-state index contributed by atoms with van der Waals surface area (Å²) < 4.78 is 28.8. The van der Waals surface area contributed by atoms with Crippen LogP contribution in [0.5, 0.6) is 0 Å². The molecule has 0 fully saturated rings. The summed E-state index contributed by atoms with van der Waals surface area (Å²) in [5.41, 5.74) is 3.64. The highest BCUT2D eigenvalue weighted by Gasteiger charge is 2.28. The van der Waals surface area contributed by atoms with Gasteiger partial charge in [0, 0.05) is 0 Å². The summed E-state index contributed by atoms with van der Waals surface area (Å²) in [4.78, 5) is 0. The Bertz CT molecular complexity index is 708. The number of para-hydroxylation sites is 1. The zero-order valence-electron chi connectivity index (χ0n) is 10.4. The molecule has 98 valence electrons. The minimum atomic E-state index is -3.50. The minimum absolute atomic E-state index is 0.344. The Labute approximate surface area is 112 Å².